The Labute approximate surface area is 255 Å². The van der Waals surface area contributed by atoms with Crippen molar-refractivity contribution in [2.45, 2.75) is 0 Å². The molecular weight excluding hydrogens is 618 g/mol. The molecule has 2 aliphatic heterocycles. The van der Waals surface area contributed by atoms with Crippen molar-refractivity contribution in [2.24, 2.45) is 0 Å². The van der Waals surface area contributed by atoms with Crippen LogP contribution >= 0.6 is 0 Å². The molecule has 16 nitrogen and oxygen atoms in total. The Morgan fingerprint density at radius 1 is 0.375 bits per heavy atom. The number of nitrogens with zero attached hydrogens (tertiary/aromatic N) is 6. The second-order valence-electron chi connectivity index (χ2n) is 9.36. The first-order chi connectivity index (χ1) is 17.1. The maximum atomic E-state index is 11.2. The van der Waals surface area contributed by atoms with Crippen LogP contribution in [0.2, 0.25) is 0 Å². The van der Waals surface area contributed by atoms with Crippen molar-refractivity contribution in [1.29, 1.82) is 0 Å². The van der Waals surface area contributed by atoms with Gasteiger partial charge in [-0.3, -0.25) is 48.6 Å². The van der Waals surface area contributed by atoms with Crippen LogP contribution in [-0.2, 0) is 64.3 Å². The summed E-state index contributed by atoms with van der Waals surface area (Å²) in [6.07, 6.45) is 0. The van der Waals surface area contributed by atoms with Gasteiger partial charge in [-0.25, -0.2) is 0 Å². The van der Waals surface area contributed by atoms with Crippen molar-refractivity contribution in [3.8, 4) is 0 Å². The third kappa shape index (κ3) is 18.9. The van der Waals surface area contributed by atoms with E-state index in [0.717, 1.165) is 0 Å². The number of carboxylic acid groups (broad SMARTS) is 4. The van der Waals surface area contributed by atoms with Gasteiger partial charge < -0.3 is 31.4 Å². The third-order valence-corrected chi connectivity index (χ3v) is 6.56. The summed E-state index contributed by atoms with van der Waals surface area (Å²) in [4.78, 5) is 56.7. The molecule has 230 valence electrons. The summed E-state index contributed by atoms with van der Waals surface area (Å²) in [5, 5.41) is 36.9. The fraction of sp³-hybridized carbons (Fsp3) is 0.818. The van der Waals surface area contributed by atoms with Gasteiger partial charge >= 0.3 is 58.0 Å². The molecular formula is C22H46Mn2N6O10+8. The summed E-state index contributed by atoms with van der Waals surface area (Å²) in [6.45, 7) is 7.76. The van der Waals surface area contributed by atoms with Crippen molar-refractivity contribution in [2.75, 3.05) is 118 Å². The number of hydrogen-bond donors (Lipinski definition) is 4. The quantitative estimate of drug-likeness (QED) is 0.120. The van der Waals surface area contributed by atoms with Crippen LogP contribution in [0.3, 0.4) is 0 Å². The van der Waals surface area contributed by atoms with Gasteiger partial charge in [-0.1, -0.05) is 0 Å². The van der Waals surface area contributed by atoms with E-state index in [0.29, 0.717) is 91.6 Å². The number of hydrogen-bond acceptors (Lipinski definition) is 10. The molecule has 2 fully saturated rings. The summed E-state index contributed by atoms with van der Waals surface area (Å²) in [5.74, 6) is -3.67. The average molecular weight is 665 g/mol. The molecule has 0 atom stereocenters. The minimum absolute atomic E-state index is 0. The fourth-order valence-electron chi connectivity index (χ4n) is 4.50. The summed E-state index contributed by atoms with van der Waals surface area (Å²) < 4.78 is 0. The van der Waals surface area contributed by atoms with E-state index in [2.05, 4.69) is 9.80 Å². The Balaban J connectivity index is -0.00000342. The van der Waals surface area contributed by atoms with E-state index in [9.17, 15) is 39.6 Å². The second kappa shape index (κ2) is 23.2. The molecule has 10 N–H and O–H groups in total. The van der Waals surface area contributed by atoms with Crippen LogP contribution in [0.1, 0.15) is 0 Å². The zero-order valence-electron chi connectivity index (χ0n) is 22.7. The van der Waals surface area contributed by atoms with Gasteiger partial charge in [0.05, 0.1) is 26.2 Å². The van der Waals surface area contributed by atoms with Crippen molar-refractivity contribution in [1.82, 2.24) is 29.4 Å². The Morgan fingerprint density at radius 2 is 0.525 bits per heavy atom. The summed E-state index contributed by atoms with van der Waals surface area (Å²) in [5.41, 5.74) is 0. The summed E-state index contributed by atoms with van der Waals surface area (Å²) >= 11 is 0. The zero-order valence-corrected chi connectivity index (χ0v) is 25.1. The van der Waals surface area contributed by atoms with Crippen LogP contribution in [0.4, 0.5) is 0 Å². The normalized spacial score (nSPS) is 19.3. The fourth-order valence-corrected chi connectivity index (χ4v) is 4.50. The van der Waals surface area contributed by atoms with Crippen LogP contribution in [-0.4, -0.2) is 192 Å². The third-order valence-electron chi connectivity index (χ3n) is 6.56. The van der Waals surface area contributed by atoms with E-state index in [4.69, 9.17) is 0 Å². The predicted molar refractivity (Wildman–Crippen MR) is 139 cm³/mol. The second-order valence-corrected chi connectivity index (χ2v) is 9.36. The SMILES string of the molecule is O=C(O)CN1CCN(CCN2CCN(CC(=O)O)CCN(CC(=O)O)CC2)CCN(CC(=O)O)CC1.[Mn+3].[Mn+3].[OH3+].[OH3+]. The molecule has 18 heteroatoms. The number of carboxylic acids is 4. The molecule has 40 heavy (non-hydrogen) atoms. The van der Waals surface area contributed by atoms with Gasteiger partial charge in [0.1, 0.15) is 0 Å². The molecule has 0 aromatic carbocycles. The minimum Gasteiger partial charge on any atom is -0.480 e. The van der Waals surface area contributed by atoms with Crippen molar-refractivity contribution >= 4 is 23.9 Å². The minimum atomic E-state index is -0.917. The molecule has 2 aliphatic rings. The number of aliphatic carboxylic acids is 4. The Kier molecular flexibility index (Phi) is 25.0. The standard InChI is InChI=1S/C22H40N6O8.2Mn.2H2O/c29-19(30)15-25-7-3-23(4-8-26(12-11-25)16-20(31)32)1-2-24-5-9-27(17-21(33)34)13-14-28(10-6-24)18-22(35)36;;;;/h1-18H2,(H,29,30)(H,31,32)(H,33,34)(H,35,36);;;2*1H2/q;2*+3;;/p+2. The molecule has 2 heterocycles. The molecule has 0 aromatic heterocycles. The molecule has 0 aliphatic carbocycles. The van der Waals surface area contributed by atoms with E-state index in [1.807, 2.05) is 19.6 Å². The number of rotatable bonds is 11. The summed E-state index contributed by atoms with van der Waals surface area (Å²) in [6, 6.07) is 0. The first-order valence-corrected chi connectivity index (χ1v) is 12.3. The van der Waals surface area contributed by atoms with Crippen LogP contribution in [0.5, 0.6) is 0 Å². The summed E-state index contributed by atoms with van der Waals surface area (Å²) in [7, 11) is 0. The van der Waals surface area contributed by atoms with Gasteiger partial charge in [0, 0.05) is 91.6 Å². The largest absolute Gasteiger partial charge is 3.00 e. The molecule has 0 radical (unpaired) electrons. The van der Waals surface area contributed by atoms with Gasteiger partial charge in [0.25, 0.3) is 0 Å². The first kappa shape index (κ1) is 43.1. The maximum Gasteiger partial charge on any atom is 3.00 e. The van der Waals surface area contributed by atoms with Crippen molar-refractivity contribution in [3.63, 3.8) is 0 Å². The van der Waals surface area contributed by atoms with E-state index < -0.39 is 23.9 Å². The van der Waals surface area contributed by atoms with Crippen molar-refractivity contribution in [3.05, 3.63) is 0 Å². The van der Waals surface area contributed by atoms with Gasteiger partial charge in [0.2, 0.25) is 0 Å². The van der Waals surface area contributed by atoms with Crippen molar-refractivity contribution < 1.29 is 84.7 Å². The molecule has 0 amide bonds. The van der Waals surface area contributed by atoms with E-state index in [-0.39, 0.29) is 71.3 Å². The Morgan fingerprint density at radius 3 is 0.675 bits per heavy atom. The topological polar surface area (TPSA) is 235 Å². The van der Waals surface area contributed by atoms with Gasteiger partial charge in [-0.05, 0) is 0 Å². The molecule has 0 saturated carbocycles. The van der Waals surface area contributed by atoms with E-state index in [1.165, 1.54) is 0 Å². The van der Waals surface area contributed by atoms with Crippen LogP contribution < -0.4 is 0 Å². The average Bonchev–Trinajstić information content (AvgIpc) is 2.92. The zero-order chi connectivity index (χ0) is 26.5. The van der Waals surface area contributed by atoms with Gasteiger partial charge in [0.15, 0.2) is 0 Å². The smallest absolute Gasteiger partial charge is 0.480 e. The molecule has 0 spiro atoms. The molecule has 0 unspecified atom stereocenters. The van der Waals surface area contributed by atoms with E-state index >= 15 is 0 Å². The first-order valence-electron chi connectivity index (χ1n) is 12.3. The van der Waals surface area contributed by atoms with Crippen LogP contribution in [0.25, 0.3) is 0 Å². The van der Waals surface area contributed by atoms with E-state index in [1.54, 1.807) is 0 Å². The van der Waals surface area contributed by atoms with Crippen LogP contribution in [0, 0.1) is 0 Å². The molecule has 2 saturated heterocycles. The van der Waals surface area contributed by atoms with Gasteiger partial charge in [-0.2, -0.15) is 0 Å². The predicted octanol–water partition coefficient (Wildman–Crippen LogP) is -4.68. The van der Waals surface area contributed by atoms with Gasteiger partial charge in [-0.15, -0.1) is 0 Å². The van der Waals surface area contributed by atoms with Crippen LogP contribution in [0.15, 0.2) is 0 Å². The Bertz CT molecular complexity index is 641. The maximum absolute atomic E-state index is 11.2. The molecule has 0 bridgehead atoms. The molecule has 0 aromatic rings. The monoisotopic (exact) mass is 664 g/mol. The molecule has 2 rings (SSSR count). The number of carbonyl (C=O) groups is 4. The Hall–Kier alpha value is -1.40.